The van der Waals surface area contributed by atoms with Gasteiger partial charge in [-0.15, -0.1) is 0 Å². The Labute approximate surface area is 125 Å². The highest BCUT2D eigenvalue weighted by molar-refractivity contribution is 7.80. The molecule has 0 saturated heterocycles. The van der Waals surface area contributed by atoms with Crippen molar-refractivity contribution in [3.63, 3.8) is 0 Å². The monoisotopic (exact) mass is 291 g/mol. The number of benzene rings is 1. The lowest BCUT2D eigenvalue weighted by atomic mass is 10.1. The van der Waals surface area contributed by atoms with Gasteiger partial charge in [0.25, 0.3) is 5.91 Å². The zero-order chi connectivity index (χ0) is 14.5. The molecule has 2 rings (SSSR count). The molecule has 0 atom stereocenters. The van der Waals surface area contributed by atoms with Gasteiger partial charge >= 0.3 is 0 Å². The van der Waals surface area contributed by atoms with Crippen LogP contribution >= 0.6 is 12.2 Å². The number of thiocarbonyl (C=S) groups is 1. The second-order valence-corrected chi connectivity index (χ2v) is 5.76. The second-order valence-electron chi connectivity index (χ2n) is 5.35. The number of hydrazine groups is 1. The Bertz CT molecular complexity index is 510. The molecular formula is C15H21N3OS. The van der Waals surface area contributed by atoms with Crippen LogP contribution < -0.4 is 16.2 Å². The summed E-state index contributed by atoms with van der Waals surface area (Å²) < 4.78 is 0. The molecule has 1 saturated carbocycles. The average molecular weight is 291 g/mol. The Morgan fingerprint density at radius 3 is 2.60 bits per heavy atom. The lowest BCUT2D eigenvalue weighted by Gasteiger charge is -2.16. The first-order valence-corrected chi connectivity index (χ1v) is 7.41. The Balaban J connectivity index is 1.85. The molecule has 1 fully saturated rings. The van der Waals surface area contributed by atoms with E-state index in [0.717, 1.165) is 24.0 Å². The van der Waals surface area contributed by atoms with Gasteiger partial charge in [0.15, 0.2) is 5.11 Å². The summed E-state index contributed by atoms with van der Waals surface area (Å²) in [6.45, 7) is 3.89. The van der Waals surface area contributed by atoms with E-state index in [1.54, 1.807) is 0 Å². The number of hydrogen-bond acceptors (Lipinski definition) is 2. The fraction of sp³-hybridized carbons (Fsp3) is 0.467. The zero-order valence-corrected chi connectivity index (χ0v) is 12.8. The summed E-state index contributed by atoms with van der Waals surface area (Å²) in [7, 11) is 0. The van der Waals surface area contributed by atoms with E-state index in [-0.39, 0.29) is 5.91 Å². The molecule has 3 N–H and O–H groups in total. The smallest absolute Gasteiger partial charge is 0.269 e. The standard InChI is InChI=1S/C15H21N3OS/c1-10-7-8-11(2)13(9-10)14(19)17-18-15(20)16-12-5-3-4-6-12/h7-9,12H,3-6H2,1-2H3,(H,17,19)(H2,16,18,20). The number of carbonyl (C=O) groups is 1. The minimum Gasteiger partial charge on any atom is -0.359 e. The van der Waals surface area contributed by atoms with Crippen LogP contribution in [0.3, 0.4) is 0 Å². The van der Waals surface area contributed by atoms with Crippen molar-refractivity contribution in [1.29, 1.82) is 0 Å². The van der Waals surface area contributed by atoms with Crippen molar-refractivity contribution in [3.8, 4) is 0 Å². The fourth-order valence-corrected chi connectivity index (χ4v) is 2.67. The number of hydrogen-bond donors (Lipinski definition) is 3. The van der Waals surface area contributed by atoms with Crippen molar-refractivity contribution in [3.05, 3.63) is 34.9 Å². The largest absolute Gasteiger partial charge is 0.359 e. The molecule has 0 aliphatic heterocycles. The molecule has 1 aromatic carbocycles. The molecule has 0 heterocycles. The normalized spacial score (nSPS) is 14.9. The predicted molar refractivity (Wildman–Crippen MR) is 84.5 cm³/mol. The van der Waals surface area contributed by atoms with Crippen molar-refractivity contribution in [2.45, 2.75) is 45.6 Å². The van der Waals surface area contributed by atoms with Crippen LogP contribution in [-0.2, 0) is 0 Å². The third-order valence-electron chi connectivity index (χ3n) is 3.62. The molecule has 108 valence electrons. The van der Waals surface area contributed by atoms with E-state index in [2.05, 4.69) is 16.2 Å². The summed E-state index contributed by atoms with van der Waals surface area (Å²) >= 11 is 5.18. The number of nitrogens with one attached hydrogen (secondary N) is 3. The SMILES string of the molecule is Cc1ccc(C)c(C(=O)NNC(=S)NC2CCCC2)c1. The Kier molecular flexibility index (Phi) is 4.95. The van der Waals surface area contributed by atoms with Crippen LogP contribution in [0.5, 0.6) is 0 Å². The van der Waals surface area contributed by atoms with E-state index in [1.165, 1.54) is 12.8 Å². The number of carbonyl (C=O) groups excluding carboxylic acids is 1. The van der Waals surface area contributed by atoms with Crippen molar-refractivity contribution in [2.24, 2.45) is 0 Å². The van der Waals surface area contributed by atoms with Crippen LogP contribution in [0.1, 0.15) is 47.2 Å². The summed E-state index contributed by atoms with van der Waals surface area (Å²) in [6, 6.07) is 6.25. The predicted octanol–water partition coefficient (Wildman–Crippen LogP) is 2.35. The van der Waals surface area contributed by atoms with Crippen molar-refractivity contribution >= 4 is 23.2 Å². The Morgan fingerprint density at radius 1 is 1.20 bits per heavy atom. The molecule has 5 heteroatoms. The maximum atomic E-state index is 12.1. The van der Waals surface area contributed by atoms with Crippen LogP contribution in [0.25, 0.3) is 0 Å². The minimum atomic E-state index is -0.165. The zero-order valence-electron chi connectivity index (χ0n) is 12.0. The molecule has 1 aromatic rings. The van der Waals surface area contributed by atoms with E-state index in [0.29, 0.717) is 16.7 Å². The molecule has 0 spiro atoms. The highest BCUT2D eigenvalue weighted by Gasteiger charge is 2.16. The van der Waals surface area contributed by atoms with Crippen molar-refractivity contribution in [2.75, 3.05) is 0 Å². The molecule has 1 aliphatic carbocycles. The maximum Gasteiger partial charge on any atom is 0.269 e. The van der Waals surface area contributed by atoms with Gasteiger partial charge in [0, 0.05) is 11.6 Å². The van der Waals surface area contributed by atoms with Gasteiger partial charge in [-0.1, -0.05) is 30.5 Å². The van der Waals surface area contributed by atoms with Gasteiger partial charge in [0.05, 0.1) is 0 Å². The molecule has 20 heavy (non-hydrogen) atoms. The lowest BCUT2D eigenvalue weighted by Crippen LogP contribution is -2.49. The van der Waals surface area contributed by atoms with Crippen LogP contribution in [-0.4, -0.2) is 17.1 Å². The van der Waals surface area contributed by atoms with Gasteiger partial charge in [0.1, 0.15) is 0 Å². The van der Waals surface area contributed by atoms with E-state index in [1.807, 2.05) is 32.0 Å². The topological polar surface area (TPSA) is 53.2 Å². The minimum absolute atomic E-state index is 0.165. The first-order chi connectivity index (χ1) is 9.56. The summed E-state index contributed by atoms with van der Waals surface area (Å²) in [5, 5.41) is 3.70. The third-order valence-corrected chi connectivity index (χ3v) is 3.84. The van der Waals surface area contributed by atoms with E-state index >= 15 is 0 Å². The van der Waals surface area contributed by atoms with Crippen LogP contribution in [0, 0.1) is 13.8 Å². The molecule has 0 unspecified atom stereocenters. The fourth-order valence-electron chi connectivity index (χ4n) is 2.45. The summed E-state index contributed by atoms with van der Waals surface area (Å²) in [6.07, 6.45) is 4.78. The van der Waals surface area contributed by atoms with Gasteiger partial charge in [-0.2, -0.15) is 0 Å². The molecule has 1 aliphatic rings. The van der Waals surface area contributed by atoms with Crippen LogP contribution in [0.2, 0.25) is 0 Å². The highest BCUT2D eigenvalue weighted by Crippen LogP contribution is 2.17. The number of rotatable bonds is 2. The van der Waals surface area contributed by atoms with Crippen molar-refractivity contribution in [1.82, 2.24) is 16.2 Å². The highest BCUT2D eigenvalue weighted by atomic mass is 32.1. The number of amides is 1. The van der Waals surface area contributed by atoms with E-state index in [4.69, 9.17) is 12.2 Å². The van der Waals surface area contributed by atoms with E-state index < -0.39 is 0 Å². The molecule has 0 aromatic heterocycles. The molecular weight excluding hydrogens is 270 g/mol. The van der Waals surface area contributed by atoms with Crippen LogP contribution in [0.4, 0.5) is 0 Å². The first kappa shape index (κ1) is 14.8. The summed E-state index contributed by atoms with van der Waals surface area (Å²) in [4.78, 5) is 12.1. The lowest BCUT2D eigenvalue weighted by molar-refractivity contribution is 0.0943. The third kappa shape index (κ3) is 3.93. The van der Waals surface area contributed by atoms with Crippen molar-refractivity contribution < 1.29 is 4.79 Å². The van der Waals surface area contributed by atoms with Gasteiger partial charge in [-0.25, -0.2) is 0 Å². The van der Waals surface area contributed by atoms with Crippen LogP contribution in [0.15, 0.2) is 18.2 Å². The maximum absolute atomic E-state index is 12.1. The second kappa shape index (κ2) is 6.70. The molecule has 1 amide bonds. The first-order valence-electron chi connectivity index (χ1n) is 7.00. The Morgan fingerprint density at radius 2 is 1.90 bits per heavy atom. The van der Waals surface area contributed by atoms with Gasteiger partial charge < -0.3 is 5.32 Å². The number of aryl methyl sites for hydroxylation is 2. The van der Waals surface area contributed by atoms with Gasteiger partial charge in [-0.3, -0.25) is 15.6 Å². The molecule has 0 bridgehead atoms. The molecule has 0 radical (unpaired) electrons. The quantitative estimate of drug-likeness (QED) is 0.578. The summed E-state index contributed by atoms with van der Waals surface area (Å²) in [5.74, 6) is -0.165. The van der Waals surface area contributed by atoms with Gasteiger partial charge in [-0.05, 0) is 50.5 Å². The van der Waals surface area contributed by atoms with Gasteiger partial charge in [0.2, 0.25) is 0 Å². The van der Waals surface area contributed by atoms with E-state index in [9.17, 15) is 4.79 Å². The summed E-state index contributed by atoms with van der Waals surface area (Å²) in [5.41, 5.74) is 8.10. The molecule has 4 nitrogen and oxygen atoms in total. The Hall–Kier alpha value is -1.62. The average Bonchev–Trinajstić information content (AvgIpc) is 2.91.